The Hall–Kier alpha value is -2.83. The van der Waals surface area contributed by atoms with Gasteiger partial charge in [0.1, 0.15) is 43.5 Å². The fraction of sp³-hybridized carbons (Fsp3) is 0.375. The van der Waals surface area contributed by atoms with Crippen molar-refractivity contribution in [3.05, 3.63) is 72.3 Å². The maximum absolute atomic E-state index is 11.0. The Morgan fingerprint density at radius 2 is 1.63 bits per heavy atom. The molecule has 0 radical (unpaired) electrons. The number of hydrogen-bond acceptors (Lipinski definition) is 6. The average molecular weight is 412 g/mol. The van der Waals surface area contributed by atoms with Crippen molar-refractivity contribution in [3.63, 3.8) is 0 Å². The number of rotatable bonds is 11. The fourth-order valence-corrected chi connectivity index (χ4v) is 2.93. The summed E-state index contributed by atoms with van der Waals surface area (Å²) in [6.07, 6.45) is 0.389. The Kier molecular flexibility index (Phi) is 7.13. The molecule has 1 aliphatic rings. The zero-order valence-electron chi connectivity index (χ0n) is 17.4. The second-order valence-electron chi connectivity index (χ2n) is 7.74. The van der Waals surface area contributed by atoms with Crippen LogP contribution in [0.15, 0.2) is 61.2 Å². The molecule has 2 atom stereocenters. The summed E-state index contributed by atoms with van der Waals surface area (Å²) in [5.41, 5.74) is 2.11. The summed E-state index contributed by atoms with van der Waals surface area (Å²) in [6.45, 7) is 8.90. The van der Waals surface area contributed by atoms with Crippen LogP contribution in [-0.4, -0.2) is 49.7 Å². The molecule has 0 bridgehead atoms. The Bertz CT molecular complexity index is 837. The van der Waals surface area contributed by atoms with Gasteiger partial charge in [0.05, 0.1) is 6.61 Å². The van der Waals surface area contributed by atoms with Crippen molar-refractivity contribution < 1.29 is 28.8 Å². The molecule has 30 heavy (non-hydrogen) atoms. The van der Waals surface area contributed by atoms with Gasteiger partial charge in [0.2, 0.25) is 0 Å². The number of hydrogen-bond donors (Lipinski definition) is 1. The quantitative estimate of drug-likeness (QED) is 0.347. The number of aliphatic hydroxyl groups is 1. The van der Waals surface area contributed by atoms with Crippen molar-refractivity contribution in [1.29, 1.82) is 0 Å². The number of carbonyl (C=O) groups excluding carboxylic acids is 1. The number of ether oxygens (including phenoxy) is 4. The number of benzene rings is 2. The van der Waals surface area contributed by atoms with Crippen molar-refractivity contribution in [2.75, 3.05) is 26.4 Å². The van der Waals surface area contributed by atoms with Crippen molar-refractivity contribution in [2.45, 2.75) is 31.5 Å². The van der Waals surface area contributed by atoms with Gasteiger partial charge in [-0.2, -0.15) is 0 Å². The van der Waals surface area contributed by atoms with Crippen LogP contribution in [0.3, 0.4) is 0 Å². The van der Waals surface area contributed by atoms with E-state index in [4.69, 9.17) is 18.9 Å². The highest BCUT2D eigenvalue weighted by Crippen LogP contribution is 2.33. The molecule has 2 aromatic rings. The lowest BCUT2D eigenvalue weighted by atomic mass is 9.78. The summed E-state index contributed by atoms with van der Waals surface area (Å²) >= 11 is 0. The van der Waals surface area contributed by atoms with E-state index in [-0.39, 0.29) is 24.7 Å². The second-order valence-corrected chi connectivity index (χ2v) is 7.74. The van der Waals surface area contributed by atoms with Crippen molar-refractivity contribution in [1.82, 2.24) is 0 Å². The van der Waals surface area contributed by atoms with Gasteiger partial charge in [0.15, 0.2) is 0 Å². The van der Waals surface area contributed by atoms with Gasteiger partial charge < -0.3 is 24.1 Å². The third-order valence-corrected chi connectivity index (χ3v) is 5.02. The molecule has 0 aromatic heterocycles. The Morgan fingerprint density at radius 1 is 1.10 bits per heavy atom. The largest absolute Gasteiger partial charge is 0.491 e. The van der Waals surface area contributed by atoms with Crippen LogP contribution >= 0.6 is 0 Å². The third-order valence-electron chi connectivity index (χ3n) is 5.02. The van der Waals surface area contributed by atoms with E-state index in [0.29, 0.717) is 12.4 Å². The van der Waals surface area contributed by atoms with E-state index in [1.165, 1.54) is 5.56 Å². The van der Waals surface area contributed by atoms with Crippen LogP contribution in [0.1, 0.15) is 25.0 Å². The predicted molar refractivity (Wildman–Crippen MR) is 113 cm³/mol. The first-order valence-corrected chi connectivity index (χ1v) is 9.94. The third kappa shape index (κ3) is 6.08. The van der Waals surface area contributed by atoms with Crippen LogP contribution in [-0.2, 0) is 19.7 Å². The predicted octanol–water partition coefficient (Wildman–Crippen LogP) is 3.26. The zero-order chi connectivity index (χ0) is 21.6. The number of aliphatic hydroxyl groups excluding tert-OH is 1. The first kappa shape index (κ1) is 21.9. The molecule has 1 fully saturated rings. The lowest BCUT2D eigenvalue weighted by molar-refractivity contribution is -0.141. The fourth-order valence-electron chi connectivity index (χ4n) is 2.93. The van der Waals surface area contributed by atoms with E-state index in [1.807, 2.05) is 36.4 Å². The molecule has 1 heterocycles. The number of epoxide rings is 1. The Morgan fingerprint density at radius 3 is 2.13 bits per heavy atom. The van der Waals surface area contributed by atoms with Gasteiger partial charge in [-0.3, -0.25) is 0 Å². The molecule has 1 N–H and O–H groups in total. The Labute approximate surface area is 177 Å². The van der Waals surface area contributed by atoms with E-state index in [0.717, 1.165) is 24.0 Å². The van der Waals surface area contributed by atoms with E-state index < -0.39 is 12.1 Å². The monoisotopic (exact) mass is 412 g/mol. The molecule has 6 nitrogen and oxygen atoms in total. The van der Waals surface area contributed by atoms with Crippen molar-refractivity contribution in [3.8, 4) is 11.5 Å². The topological polar surface area (TPSA) is 77.5 Å². The standard InChI is InChI=1S/C24H28O6/c1-4-23(26)30-14-19(25)13-27-20-9-5-17(6-10-20)24(2,3)18-7-11-21(12-8-18)28-15-22-16-29-22/h4-12,19,22,25H,1,13-16H2,2-3H3. The molecule has 6 heteroatoms. The molecule has 160 valence electrons. The molecule has 1 aliphatic heterocycles. The lowest BCUT2D eigenvalue weighted by Crippen LogP contribution is -2.24. The summed E-state index contributed by atoms with van der Waals surface area (Å²) in [7, 11) is 0. The van der Waals surface area contributed by atoms with Gasteiger partial charge in [0, 0.05) is 11.5 Å². The van der Waals surface area contributed by atoms with E-state index in [9.17, 15) is 9.90 Å². The van der Waals surface area contributed by atoms with Crippen molar-refractivity contribution >= 4 is 5.97 Å². The molecule has 0 aliphatic carbocycles. The van der Waals surface area contributed by atoms with Crippen LogP contribution in [0.25, 0.3) is 0 Å². The summed E-state index contributed by atoms with van der Waals surface area (Å²) in [6, 6.07) is 15.9. The molecule has 2 aromatic carbocycles. The van der Waals surface area contributed by atoms with Crippen LogP contribution in [0.5, 0.6) is 11.5 Å². The second kappa shape index (κ2) is 9.78. The molecular weight excluding hydrogens is 384 g/mol. The van der Waals surface area contributed by atoms with Crippen molar-refractivity contribution in [2.24, 2.45) is 0 Å². The minimum Gasteiger partial charge on any atom is -0.491 e. The molecule has 2 unspecified atom stereocenters. The molecule has 1 saturated heterocycles. The Balaban J connectivity index is 1.54. The van der Waals surface area contributed by atoms with Gasteiger partial charge in [-0.1, -0.05) is 44.7 Å². The van der Waals surface area contributed by atoms with Crippen LogP contribution in [0, 0.1) is 0 Å². The summed E-state index contributed by atoms with van der Waals surface area (Å²) < 4.78 is 21.2. The van der Waals surface area contributed by atoms with Gasteiger partial charge in [-0.05, 0) is 35.4 Å². The van der Waals surface area contributed by atoms with Crippen LogP contribution in [0.4, 0.5) is 0 Å². The van der Waals surface area contributed by atoms with Gasteiger partial charge in [-0.15, -0.1) is 0 Å². The summed E-state index contributed by atoms with van der Waals surface area (Å²) in [5, 5.41) is 9.83. The minimum atomic E-state index is -0.905. The highest BCUT2D eigenvalue weighted by atomic mass is 16.6. The molecule has 3 rings (SSSR count). The van der Waals surface area contributed by atoms with Gasteiger partial charge in [-0.25, -0.2) is 4.79 Å². The van der Waals surface area contributed by atoms with E-state index in [1.54, 1.807) is 0 Å². The lowest BCUT2D eigenvalue weighted by Gasteiger charge is -2.26. The molecule has 0 saturated carbocycles. The summed E-state index contributed by atoms with van der Waals surface area (Å²) in [5.74, 6) is 0.901. The van der Waals surface area contributed by atoms with Gasteiger partial charge >= 0.3 is 5.97 Å². The minimum absolute atomic E-state index is 0.0283. The number of carbonyl (C=O) groups is 1. The molecule has 0 spiro atoms. The maximum Gasteiger partial charge on any atom is 0.330 e. The maximum atomic E-state index is 11.0. The van der Waals surface area contributed by atoms with Crippen LogP contribution < -0.4 is 9.47 Å². The zero-order valence-corrected chi connectivity index (χ0v) is 17.4. The first-order chi connectivity index (χ1) is 14.4. The van der Waals surface area contributed by atoms with Gasteiger partial charge in [0.25, 0.3) is 0 Å². The normalized spacial score (nSPS) is 16.4. The summed E-state index contributed by atoms with van der Waals surface area (Å²) in [4.78, 5) is 11.0. The molecular formula is C24H28O6. The first-order valence-electron chi connectivity index (χ1n) is 9.94. The highest BCUT2D eigenvalue weighted by molar-refractivity contribution is 5.81. The van der Waals surface area contributed by atoms with Crippen LogP contribution in [0.2, 0.25) is 0 Å². The highest BCUT2D eigenvalue weighted by Gasteiger charge is 2.25. The smallest absolute Gasteiger partial charge is 0.330 e. The SMILES string of the molecule is C=CC(=O)OCC(O)COc1ccc(C(C)(C)c2ccc(OCC3CO3)cc2)cc1. The van der Waals surface area contributed by atoms with E-state index in [2.05, 4.69) is 32.6 Å². The molecule has 0 amide bonds. The average Bonchev–Trinajstić information content (AvgIpc) is 3.59. The van der Waals surface area contributed by atoms with E-state index >= 15 is 0 Å². The number of esters is 1.